The summed E-state index contributed by atoms with van der Waals surface area (Å²) in [7, 11) is 0. The molecule has 2 atom stereocenters. The molecule has 160 valence electrons. The fraction of sp³-hybridized carbons (Fsp3) is 0.458. The van der Waals surface area contributed by atoms with Gasteiger partial charge in [-0.05, 0) is 50.1 Å². The summed E-state index contributed by atoms with van der Waals surface area (Å²) in [4.78, 5) is 15.0. The second-order valence-electron chi connectivity index (χ2n) is 8.76. The lowest BCUT2D eigenvalue weighted by Gasteiger charge is -2.42. The molecule has 2 aromatic carbocycles. The Balaban J connectivity index is 1.47. The Bertz CT molecular complexity index is 908. The lowest BCUT2D eigenvalue weighted by Crippen LogP contribution is -2.53. The van der Waals surface area contributed by atoms with E-state index < -0.39 is 11.2 Å². The van der Waals surface area contributed by atoms with E-state index in [-0.39, 0.29) is 25.4 Å². The zero-order valence-corrected chi connectivity index (χ0v) is 17.8. The van der Waals surface area contributed by atoms with Gasteiger partial charge in [-0.25, -0.2) is 0 Å². The number of hydrogen-bond acceptors (Lipinski definition) is 5. The van der Waals surface area contributed by atoms with Crippen molar-refractivity contribution in [2.24, 2.45) is 0 Å². The molecule has 2 aromatic rings. The first kappa shape index (κ1) is 20.8. The van der Waals surface area contributed by atoms with Crippen molar-refractivity contribution in [1.82, 2.24) is 4.90 Å². The molecule has 6 nitrogen and oxygen atoms in total. The molecule has 0 saturated carbocycles. The number of likely N-dealkylation sites (tertiary alicyclic amines) is 1. The van der Waals surface area contributed by atoms with Crippen LogP contribution in [-0.4, -0.2) is 54.1 Å². The number of fused-ring (bicyclic) bond motifs is 1. The number of ether oxygens (including phenoxy) is 3. The maximum Gasteiger partial charge on any atom is 0.253 e. The maximum atomic E-state index is 13.2. The molecule has 1 amide bonds. The number of nitrogens with zero attached hydrogens (tertiary/aromatic N) is 1. The van der Waals surface area contributed by atoms with Crippen LogP contribution in [0.4, 0.5) is 0 Å². The maximum absolute atomic E-state index is 13.2. The number of carbonyl (C=O) groups is 1. The Hall–Kier alpha value is -2.41. The molecule has 0 spiro atoms. The summed E-state index contributed by atoms with van der Waals surface area (Å²) in [6, 6.07) is 15.5. The molecule has 0 aliphatic carbocycles. The molecule has 2 heterocycles. The first-order chi connectivity index (χ1) is 14.3. The smallest absolute Gasteiger partial charge is 0.253 e. The minimum absolute atomic E-state index is 0.0238. The molecule has 30 heavy (non-hydrogen) atoms. The quantitative estimate of drug-likeness (QED) is 0.818. The number of benzene rings is 2. The second-order valence-corrected chi connectivity index (χ2v) is 8.76. The molecular weight excluding hydrogens is 382 g/mol. The van der Waals surface area contributed by atoms with Crippen LogP contribution in [0.5, 0.6) is 5.75 Å². The molecule has 2 aliphatic rings. The summed E-state index contributed by atoms with van der Waals surface area (Å²) in [5.41, 5.74) is 1.19. The third-order valence-corrected chi connectivity index (χ3v) is 5.80. The fourth-order valence-electron chi connectivity index (χ4n) is 4.17. The van der Waals surface area contributed by atoms with Crippen molar-refractivity contribution in [3.05, 3.63) is 65.2 Å². The minimum atomic E-state index is -0.913. The predicted octanol–water partition coefficient (Wildman–Crippen LogP) is 3.26. The Morgan fingerprint density at radius 3 is 2.73 bits per heavy atom. The summed E-state index contributed by atoms with van der Waals surface area (Å²) in [5, 5.41) is 9.85. The van der Waals surface area contributed by atoms with Crippen molar-refractivity contribution in [2.75, 3.05) is 26.5 Å². The molecule has 2 fully saturated rings. The summed E-state index contributed by atoms with van der Waals surface area (Å²) in [5.74, 6) is 0.646. The van der Waals surface area contributed by atoms with Gasteiger partial charge in [0.1, 0.15) is 30.9 Å². The van der Waals surface area contributed by atoms with E-state index in [1.165, 1.54) is 0 Å². The van der Waals surface area contributed by atoms with Gasteiger partial charge in [0.05, 0.1) is 12.1 Å². The SMILES string of the molecule is Cc1cc(C(=O)N2CC[C@]3(c4ccccc4)OCOC3C2)ccc1OCC(C)(C)O. The standard InChI is InChI=1S/C24H29NO5/c1-17-13-18(9-10-20(17)28-15-23(2,3)27)22(26)25-12-11-24(19-7-5-4-6-8-19)21(14-25)29-16-30-24/h4-10,13,21,27H,11-12,14-16H2,1-3H3/t21?,24-/m1/s1. The molecule has 4 rings (SSSR count). The number of aliphatic hydroxyl groups is 1. The van der Waals surface area contributed by atoms with E-state index >= 15 is 0 Å². The Labute approximate surface area is 177 Å². The summed E-state index contributed by atoms with van der Waals surface area (Å²) in [6.45, 7) is 6.82. The van der Waals surface area contributed by atoms with Crippen molar-refractivity contribution >= 4 is 5.91 Å². The van der Waals surface area contributed by atoms with Gasteiger partial charge in [0.15, 0.2) is 0 Å². The lowest BCUT2D eigenvalue weighted by molar-refractivity contribution is -0.0439. The minimum Gasteiger partial charge on any atom is -0.490 e. The fourth-order valence-corrected chi connectivity index (χ4v) is 4.17. The van der Waals surface area contributed by atoms with Crippen molar-refractivity contribution < 1.29 is 24.1 Å². The number of aryl methyl sites for hydroxylation is 1. The van der Waals surface area contributed by atoms with E-state index in [0.717, 1.165) is 11.1 Å². The summed E-state index contributed by atoms with van der Waals surface area (Å²) >= 11 is 0. The summed E-state index contributed by atoms with van der Waals surface area (Å²) in [6.07, 6.45) is 0.507. The third kappa shape index (κ3) is 4.08. The highest BCUT2D eigenvalue weighted by Crippen LogP contribution is 2.42. The number of hydrogen-bond donors (Lipinski definition) is 1. The first-order valence-corrected chi connectivity index (χ1v) is 10.3. The molecule has 2 aliphatic heterocycles. The molecule has 0 bridgehead atoms. The van der Waals surface area contributed by atoms with E-state index in [1.807, 2.05) is 36.1 Å². The van der Waals surface area contributed by atoms with Crippen molar-refractivity contribution in [3.63, 3.8) is 0 Å². The molecule has 6 heteroatoms. The Morgan fingerprint density at radius 1 is 1.27 bits per heavy atom. The topological polar surface area (TPSA) is 68.2 Å². The van der Waals surface area contributed by atoms with Gasteiger partial charge in [-0.1, -0.05) is 30.3 Å². The van der Waals surface area contributed by atoms with Gasteiger partial charge >= 0.3 is 0 Å². The third-order valence-electron chi connectivity index (χ3n) is 5.80. The molecule has 1 N–H and O–H groups in total. The highest BCUT2D eigenvalue weighted by Gasteiger charge is 2.51. The van der Waals surface area contributed by atoms with Crippen LogP contribution < -0.4 is 4.74 Å². The number of piperidine rings is 1. The Morgan fingerprint density at radius 2 is 2.03 bits per heavy atom. The van der Waals surface area contributed by atoms with Crippen molar-refractivity contribution in [2.45, 2.75) is 44.5 Å². The molecule has 0 aromatic heterocycles. The average molecular weight is 411 g/mol. The monoisotopic (exact) mass is 411 g/mol. The van der Waals surface area contributed by atoms with Crippen LogP contribution in [0.15, 0.2) is 48.5 Å². The molecule has 0 radical (unpaired) electrons. The first-order valence-electron chi connectivity index (χ1n) is 10.3. The highest BCUT2D eigenvalue weighted by atomic mass is 16.7. The van der Waals surface area contributed by atoms with Crippen LogP contribution in [0, 0.1) is 6.92 Å². The van der Waals surface area contributed by atoms with Crippen LogP contribution in [-0.2, 0) is 15.1 Å². The van der Waals surface area contributed by atoms with E-state index in [2.05, 4.69) is 12.1 Å². The van der Waals surface area contributed by atoms with Gasteiger partial charge in [-0.3, -0.25) is 4.79 Å². The van der Waals surface area contributed by atoms with Gasteiger partial charge < -0.3 is 24.2 Å². The summed E-state index contributed by atoms with van der Waals surface area (Å²) < 4.78 is 17.6. The van der Waals surface area contributed by atoms with Crippen LogP contribution in [0.2, 0.25) is 0 Å². The number of carbonyl (C=O) groups excluding carboxylic acids is 1. The predicted molar refractivity (Wildman–Crippen MR) is 112 cm³/mol. The molecule has 2 saturated heterocycles. The molecular formula is C24H29NO5. The van der Waals surface area contributed by atoms with Gasteiger partial charge in [-0.15, -0.1) is 0 Å². The Kier molecular flexibility index (Phi) is 5.57. The zero-order chi connectivity index (χ0) is 21.4. The van der Waals surface area contributed by atoms with Gasteiger partial charge in [-0.2, -0.15) is 0 Å². The zero-order valence-electron chi connectivity index (χ0n) is 17.8. The largest absolute Gasteiger partial charge is 0.490 e. The van der Waals surface area contributed by atoms with E-state index in [9.17, 15) is 9.90 Å². The van der Waals surface area contributed by atoms with Crippen LogP contribution in [0.3, 0.4) is 0 Å². The van der Waals surface area contributed by atoms with E-state index in [4.69, 9.17) is 14.2 Å². The van der Waals surface area contributed by atoms with Gasteiger partial charge in [0, 0.05) is 18.5 Å². The van der Waals surface area contributed by atoms with Gasteiger partial charge in [0.2, 0.25) is 0 Å². The second kappa shape index (κ2) is 8.02. The number of rotatable bonds is 5. The number of amides is 1. The van der Waals surface area contributed by atoms with E-state index in [1.54, 1.807) is 26.0 Å². The van der Waals surface area contributed by atoms with Gasteiger partial charge in [0.25, 0.3) is 5.91 Å². The van der Waals surface area contributed by atoms with E-state index in [0.29, 0.717) is 30.8 Å². The lowest BCUT2D eigenvalue weighted by atomic mass is 9.82. The molecule has 1 unspecified atom stereocenters. The van der Waals surface area contributed by atoms with Crippen LogP contribution >= 0.6 is 0 Å². The average Bonchev–Trinajstić information content (AvgIpc) is 3.16. The van der Waals surface area contributed by atoms with Crippen molar-refractivity contribution in [3.8, 4) is 5.75 Å². The van der Waals surface area contributed by atoms with Crippen LogP contribution in [0.25, 0.3) is 0 Å². The highest BCUT2D eigenvalue weighted by molar-refractivity contribution is 5.94. The normalized spacial score (nSPS) is 23.9. The van der Waals surface area contributed by atoms with Crippen LogP contribution in [0.1, 0.15) is 41.8 Å². The van der Waals surface area contributed by atoms with Crippen molar-refractivity contribution in [1.29, 1.82) is 0 Å².